The Bertz CT molecular complexity index is 541. The van der Waals surface area contributed by atoms with Crippen LogP contribution in [0.3, 0.4) is 0 Å². The van der Waals surface area contributed by atoms with Gasteiger partial charge in [-0.05, 0) is 37.7 Å². The minimum absolute atomic E-state index is 0.0342. The van der Waals surface area contributed by atoms with Gasteiger partial charge < -0.3 is 9.64 Å². The molecule has 0 bridgehead atoms. The van der Waals surface area contributed by atoms with E-state index in [1.165, 1.54) is 11.5 Å². The third-order valence-electron chi connectivity index (χ3n) is 4.36. The molecule has 0 aliphatic carbocycles. The Morgan fingerprint density at radius 3 is 2.76 bits per heavy atom. The first-order valence-corrected chi connectivity index (χ1v) is 8.13. The second-order valence-electron chi connectivity index (χ2n) is 5.82. The number of amides is 1. The number of aromatic nitrogens is 1. The zero-order valence-corrected chi connectivity index (χ0v) is 13.8. The van der Waals surface area contributed by atoms with Gasteiger partial charge >= 0.3 is 5.97 Å². The van der Waals surface area contributed by atoms with Crippen LogP contribution in [0.15, 0.2) is 5.38 Å². The van der Waals surface area contributed by atoms with E-state index >= 15 is 0 Å². The summed E-state index contributed by atoms with van der Waals surface area (Å²) in [5, 5.41) is 1.78. The first-order valence-electron chi connectivity index (χ1n) is 7.30. The molecule has 1 aliphatic heterocycles. The SMILES string of the molecule is CCOC(=O)[C@]1(C(C)C)CCN(C(=O)c2csnc2C)C1. The maximum atomic E-state index is 12.6. The molecule has 2 heterocycles. The third kappa shape index (κ3) is 2.81. The lowest BCUT2D eigenvalue weighted by Gasteiger charge is -2.30. The summed E-state index contributed by atoms with van der Waals surface area (Å²) >= 11 is 1.28. The summed E-state index contributed by atoms with van der Waals surface area (Å²) in [6.07, 6.45) is 0.659. The number of ether oxygens (including phenoxy) is 1. The molecule has 0 unspecified atom stereocenters. The van der Waals surface area contributed by atoms with Crippen LogP contribution in [0.5, 0.6) is 0 Å². The average Bonchev–Trinajstić information content (AvgIpc) is 3.05. The lowest BCUT2D eigenvalue weighted by molar-refractivity contribution is -0.157. The number of nitrogens with zero attached hydrogens (tertiary/aromatic N) is 2. The number of aryl methyl sites for hydroxylation is 1. The van der Waals surface area contributed by atoms with E-state index in [0.29, 0.717) is 31.7 Å². The van der Waals surface area contributed by atoms with E-state index in [0.717, 1.165) is 5.69 Å². The second-order valence-corrected chi connectivity index (χ2v) is 6.45. The van der Waals surface area contributed by atoms with Crippen LogP contribution in [0, 0.1) is 18.3 Å². The van der Waals surface area contributed by atoms with Gasteiger partial charge in [-0.25, -0.2) is 0 Å². The highest BCUT2D eigenvalue weighted by Crippen LogP contribution is 2.39. The van der Waals surface area contributed by atoms with Crippen molar-refractivity contribution in [3.05, 3.63) is 16.6 Å². The number of hydrogen-bond acceptors (Lipinski definition) is 5. The lowest BCUT2D eigenvalue weighted by atomic mass is 9.76. The van der Waals surface area contributed by atoms with Gasteiger partial charge in [0, 0.05) is 18.5 Å². The molecular formula is C15H22N2O3S. The number of likely N-dealkylation sites (tertiary alicyclic amines) is 1. The molecule has 1 aromatic heterocycles. The molecule has 1 aliphatic rings. The van der Waals surface area contributed by atoms with Crippen LogP contribution in [0.1, 0.15) is 43.2 Å². The zero-order chi connectivity index (χ0) is 15.6. The van der Waals surface area contributed by atoms with Crippen molar-refractivity contribution >= 4 is 23.4 Å². The van der Waals surface area contributed by atoms with Gasteiger partial charge in [-0.1, -0.05) is 13.8 Å². The molecule has 21 heavy (non-hydrogen) atoms. The fourth-order valence-corrected chi connectivity index (χ4v) is 3.51. The number of rotatable bonds is 4. The normalized spacial score (nSPS) is 21.9. The van der Waals surface area contributed by atoms with Crippen LogP contribution in [0.4, 0.5) is 0 Å². The van der Waals surface area contributed by atoms with Gasteiger partial charge in [0.2, 0.25) is 0 Å². The van der Waals surface area contributed by atoms with E-state index in [1.54, 1.807) is 10.3 Å². The molecule has 0 spiro atoms. The minimum atomic E-state index is -0.580. The molecule has 1 amide bonds. The van der Waals surface area contributed by atoms with E-state index in [4.69, 9.17) is 4.74 Å². The van der Waals surface area contributed by atoms with E-state index in [9.17, 15) is 9.59 Å². The molecule has 2 rings (SSSR count). The van der Waals surface area contributed by atoms with Crippen LogP contribution < -0.4 is 0 Å². The Kier molecular flexibility index (Phi) is 4.66. The first kappa shape index (κ1) is 15.9. The van der Waals surface area contributed by atoms with Crippen molar-refractivity contribution < 1.29 is 14.3 Å². The Balaban J connectivity index is 2.19. The van der Waals surface area contributed by atoms with Crippen molar-refractivity contribution in [1.82, 2.24) is 9.27 Å². The molecule has 0 N–H and O–H groups in total. The Morgan fingerprint density at radius 1 is 1.52 bits per heavy atom. The Labute approximate surface area is 129 Å². The highest BCUT2D eigenvalue weighted by molar-refractivity contribution is 7.03. The molecule has 0 aromatic carbocycles. The van der Waals surface area contributed by atoms with E-state index in [-0.39, 0.29) is 17.8 Å². The number of carbonyl (C=O) groups is 2. The standard InChI is InChI=1S/C15H22N2O3S/c1-5-20-14(19)15(10(2)3)6-7-17(9-15)13(18)12-8-21-16-11(12)4/h8,10H,5-7,9H2,1-4H3/t15-/m1/s1. The quantitative estimate of drug-likeness (QED) is 0.802. The Hall–Kier alpha value is -1.43. The topological polar surface area (TPSA) is 59.5 Å². The largest absolute Gasteiger partial charge is 0.466 e. The van der Waals surface area contributed by atoms with Crippen LogP contribution >= 0.6 is 11.5 Å². The first-order chi connectivity index (χ1) is 9.92. The summed E-state index contributed by atoms with van der Waals surface area (Å²) in [6.45, 7) is 9.06. The third-order valence-corrected chi connectivity index (χ3v) is 5.08. The fraction of sp³-hybridized carbons (Fsp3) is 0.667. The van der Waals surface area contributed by atoms with Gasteiger partial charge in [0.05, 0.1) is 23.3 Å². The summed E-state index contributed by atoms with van der Waals surface area (Å²) < 4.78 is 9.39. The lowest BCUT2D eigenvalue weighted by Crippen LogP contribution is -2.41. The number of esters is 1. The van der Waals surface area contributed by atoms with Gasteiger partial charge in [-0.15, -0.1) is 0 Å². The summed E-state index contributed by atoms with van der Waals surface area (Å²) in [6, 6.07) is 0. The van der Waals surface area contributed by atoms with Gasteiger partial charge in [0.15, 0.2) is 0 Å². The van der Waals surface area contributed by atoms with Crippen molar-refractivity contribution in [2.45, 2.75) is 34.1 Å². The van der Waals surface area contributed by atoms with Gasteiger partial charge in [0.1, 0.15) is 0 Å². The predicted octanol–water partition coefficient (Wildman–Crippen LogP) is 2.50. The molecule has 0 saturated carbocycles. The van der Waals surface area contributed by atoms with E-state index in [1.807, 2.05) is 27.7 Å². The zero-order valence-electron chi connectivity index (χ0n) is 13.0. The van der Waals surface area contributed by atoms with E-state index < -0.39 is 5.41 Å². The maximum Gasteiger partial charge on any atom is 0.314 e. The van der Waals surface area contributed by atoms with Crippen molar-refractivity contribution in [3.63, 3.8) is 0 Å². The average molecular weight is 310 g/mol. The second kappa shape index (κ2) is 6.13. The van der Waals surface area contributed by atoms with Crippen LogP contribution in [0.2, 0.25) is 0 Å². The molecule has 0 radical (unpaired) electrons. The summed E-state index contributed by atoms with van der Waals surface area (Å²) in [5.74, 6) is -0.0837. The van der Waals surface area contributed by atoms with Gasteiger partial charge in [-0.2, -0.15) is 4.37 Å². The van der Waals surface area contributed by atoms with Crippen molar-refractivity contribution in [3.8, 4) is 0 Å². The molecule has 1 fully saturated rings. The summed E-state index contributed by atoms with van der Waals surface area (Å²) in [5.41, 5.74) is 0.815. The maximum absolute atomic E-state index is 12.6. The highest BCUT2D eigenvalue weighted by Gasteiger charge is 2.49. The summed E-state index contributed by atoms with van der Waals surface area (Å²) in [4.78, 5) is 26.7. The van der Waals surface area contributed by atoms with Crippen molar-refractivity contribution in [2.75, 3.05) is 19.7 Å². The molecule has 5 nitrogen and oxygen atoms in total. The smallest absolute Gasteiger partial charge is 0.314 e. The highest BCUT2D eigenvalue weighted by atomic mass is 32.1. The molecule has 116 valence electrons. The van der Waals surface area contributed by atoms with Crippen molar-refractivity contribution in [2.24, 2.45) is 11.3 Å². The molecule has 1 aromatic rings. The number of hydrogen-bond donors (Lipinski definition) is 0. The molecular weight excluding hydrogens is 288 g/mol. The summed E-state index contributed by atoms with van der Waals surface area (Å²) in [7, 11) is 0. The van der Waals surface area contributed by atoms with Crippen molar-refractivity contribution in [1.29, 1.82) is 0 Å². The number of carbonyl (C=O) groups excluding carboxylic acids is 2. The van der Waals surface area contributed by atoms with Crippen LogP contribution in [-0.4, -0.2) is 40.8 Å². The van der Waals surface area contributed by atoms with Crippen LogP contribution in [-0.2, 0) is 9.53 Å². The minimum Gasteiger partial charge on any atom is -0.466 e. The Morgan fingerprint density at radius 2 is 2.24 bits per heavy atom. The van der Waals surface area contributed by atoms with Crippen LogP contribution in [0.25, 0.3) is 0 Å². The van der Waals surface area contributed by atoms with Gasteiger partial charge in [-0.3, -0.25) is 9.59 Å². The predicted molar refractivity (Wildman–Crippen MR) is 81.3 cm³/mol. The molecule has 6 heteroatoms. The van der Waals surface area contributed by atoms with Gasteiger partial charge in [0.25, 0.3) is 5.91 Å². The molecule has 1 atom stereocenters. The monoisotopic (exact) mass is 310 g/mol. The molecule has 1 saturated heterocycles. The fourth-order valence-electron chi connectivity index (χ4n) is 2.82. The van der Waals surface area contributed by atoms with E-state index in [2.05, 4.69) is 4.37 Å².